The molecular formula is C16H22N4O. The smallest absolute Gasteiger partial charge is 0.0876 e. The topological polar surface area (TPSA) is 58.2 Å². The van der Waals surface area contributed by atoms with Crippen molar-refractivity contribution in [2.45, 2.75) is 37.4 Å². The average Bonchev–Trinajstić information content (AvgIpc) is 2.99. The summed E-state index contributed by atoms with van der Waals surface area (Å²) in [5, 5.41) is 3.64. The molecular weight excluding hydrogens is 264 g/mol. The molecule has 2 fully saturated rings. The first-order valence-electron chi connectivity index (χ1n) is 7.87. The lowest BCUT2D eigenvalue weighted by atomic mass is 9.79. The van der Waals surface area contributed by atoms with E-state index in [9.17, 15) is 0 Å². The summed E-state index contributed by atoms with van der Waals surface area (Å²) in [6, 6.07) is 5.47. The van der Waals surface area contributed by atoms with E-state index in [-0.39, 0.29) is 0 Å². The molecule has 4 heterocycles. The Balaban J connectivity index is 1.52. The van der Waals surface area contributed by atoms with Gasteiger partial charge in [0.2, 0.25) is 0 Å². The van der Waals surface area contributed by atoms with Crippen molar-refractivity contribution in [2.75, 3.05) is 13.2 Å². The third-order valence-corrected chi connectivity index (χ3v) is 4.91. The second kappa shape index (κ2) is 5.75. The minimum atomic E-state index is 0.397. The van der Waals surface area contributed by atoms with Crippen LogP contribution in [0.25, 0.3) is 0 Å². The van der Waals surface area contributed by atoms with Crippen LogP contribution in [0.5, 0.6) is 0 Å². The van der Waals surface area contributed by atoms with Crippen molar-refractivity contribution in [3.8, 4) is 0 Å². The third kappa shape index (κ3) is 2.57. The van der Waals surface area contributed by atoms with Crippen LogP contribution in [0.1, 0.15) is 30.9 Å². The number of aromatic nitrogens is 1. The lowest BCUT2D eigenvalue weighted by Crippen LogP contribution is -2.46. The molecule has 0 spiro atoms. The van der Waals surface area contributed by atoms with E-state index >= 15 is 0 Å². The average molecular weight is 286 g/mol. The summed E-state index contributed by atoms with van der Waals surface area (Å²) in [6.07, 6.45) is 9.19. The van der Waals surface area contributed by atoms with Gasteiger partial charge in [-0.2, -0.15) is 0 Å². The van der Waals surface area contributed by atoms with Crippen LogP contribution >= 0.6 is 0 Å². The van der Waals surface area contributed by atoms with Crippen molar-refractivity contribution in [1.82, 2.24) is 21.2 Å². The van der Waals surface area contributed by atoms with Crippen LogP contribution in [0.3, 0.4) is 0 Å². The first-order valence-corrected chi connectivity index (χ1v) is 7.87. The third-order valence-electron chi connectivity index (χ3n) is 4.91. The number of fused-ring (bicyclic) bond motifs is 1. The molecule has 21 heavy (non-hydrogen) atoms. The molecule has 4 atom stereocenters. The Morgan fingerprint density at radius 3 is 3.10 bits per heavy atom. The molecule has 0 radical (unpaired) electrons. The summed E-state index contributed by atoms with van der Waals surface area (Å²) in [6.45, 7) is 1.85. The highest BCUT2D eigenvalue weighted by atomic mass is 16.5. The zero-order valence-electron chi connectivity index (χ0n) is 12.1. The van der Waals surface area contributed by atoms with Gasteiger partial charge in [-0.1, -0.05) is 6.07 Å². The summed E-state index contributed by atoms with van der Waals surface area (Å²) in [4.78, 5) is 4.25. The number of ether oxygens (including phenoxy) is 1. The number of hydrazine groups is 1. The number of rotatable bonds is 2. The van der Waals surface area contributed by atoms with Crippen molar-refractivity contribution in [3.05, 3.63) is 41.9 Å². The van der Waals surface area contributed by atoms with Crippen LogP contribution < -0.4 is 16.2 Å². The zero-order valence-corrected chi connectivity index (χ0v) is 12.1. The Bertz CT molecular complexity index is 518. The van der Waals surface area contributed by atoms with Crippen LogP contribution in [-0.2, 0) is 4.74 Å². The van der Waals surface area contributed by atoms with Crippen molar-refractivity contribution in [2.24, 2.45) is 5.92 Å². The molecule has 3 N–H and O–H groups in total. The fourth-order valence-electron chi connectivity index (χ4n) is 3.79. The van der Waals surface area contributed by atoms with Gasteiger partial charge in [0.25, 0.3) is 0 Å². The van der Waals surface area contributed by atoms with Crippen molar-refractivity contribution in [1.29, 1.82) is 0 Å². The second-order valence-electron chi connectivity index (χ2n) is 6.19. The number of hydrogen-bond acceptors (Lipinski definition) is 5. The van der Waals surface area contributed by atoms with Gasteiger partial charge in [0.15, 0.2) is 0 Å². The normalized spacial score (nSPS) is 35.7. The molecule has 5 nitrogen and oxygen atoms in total. The maximum atomic E-state index is 5.53. The van der Waals surface area contributed by atoms with Gasteiger partial charge in [-0.05, 0) is 42.4 Å². The van der Waals surface area contributed by atoms with Gasteiger partial charge in [-0.25, -0.2) is 5.43 Å². The summed E-state index contributed by atoms with van der Waals surface area (Å²) in [5.41, 5.74) is 9.64. The van der Waals surface area contributed by atoms with Gasteiger partial charge < -0.3 is 10.1 Å². The maximum absolute atomic E-state index is 5.53. The molecule has 0 aliphatic carbocycles. The van der Waals surface area contributed by atoms with Crippen LogP contribution in [0.2, 0.25) is 0 Å². The van der Waals surface area contributed by atoms with Crippen molar-refractivity contribution in [3.63, 3.8) is 0 Å². The molecule has 4 rings (SSSR count). The fraction of sp³-hybridized carbons (Fsp3) is 0.562. The molecule has 112 valence electrons. The zero-order chi connectivity index (χ0) is 14.1. The van der Waals surface area contributed by atoms with Crippen molar-refractivity contribution < 1.29 is 4.74 Å². The van der Waals surface area contributed by atoms with E-state index in [0.29, 0.717) is 24.0 Å². The van der Waals surface area contributed by atoms with Crippen LogP contribution in [0.15, 0.2) is 36.4 Å². The van der Waals surface area contributed by atoms with Crippen LogP contribution in [-0.4, -0.2) is 30.2 Å². The van der Waals surface area contributed by atoms with E-state index in [1.807, 2.05) is 24.7 Å². The van der Waals surface area contributed by atoms with Gasteiger partial charge >= 0.3 is 0 Å². The highest BCUT2D eigenvalue weighted by molar-refractivity contribution is 5.21. The molecule has 1 aromatic rings. The van der Waals surface area contributed by atoms with Gasteiger partial charge in [0.1, 0.15) is 0 Å². The molecule has 0 amide bonds. The molecule has 2 saturated heterocycles. The predicted molar refractivity (Wildman–Crippen MR) is 80.2 cm³/mol. The number of pyridine rings is 1. The van der Waals surface area contributed by atoms with Gasteiger partial charge in [0.05, 0.1) is 12.9 Å². The van der Waals surface area contributed by atoms with Gasteiger partial charge in [-0.15, -0.1) is 0 Å². The summed E-state index contributed by atoms with van der Waals surface area (Å²) in [7, 11) is 0. The van der Waals surface area contributed by atoms with E-state index in [1.165, 1.54) is 11.1 Å². The lowest BCUT2D eigenvalue weighted by molar-refractivity contribution is 0.212. The summed E-state index contributed by atoms with van der Waals surface area (Å²) in [5.74, 6) is 0.601. The predicted octanol–water partition coefficient (Wildman–Crippen LogP) is 1.27. The van der Waals surface area contributed by atoms with E-state index in [2.05, 4.69) is 27.2 Å². The largest absolute Gasteiger partial charge is 0.501 e. The quantitative estimate of drug-likeness (QED) is 0.764. The summed E-state index contributed by atoms with van der Waals surface area (Å²) < 4.78 is 5.53. The maximum Gasteiger partial charge on any atom is 0.0876 e. The van der Waals surface area contributed by atoms with E-state index in [1.54, 1.807) is 0 Å². The Morgan fingerprint density at radius 2 is 2.29 bits per heavy atom. The van der Waals surface area contributed by atoms with Crippen LogP contribution in [0, 0.1) is 5.92 Å². The first kappa shape index (κ1) is 13.2. The number of nitrogens with zero attached hydrogens (tertiary/aromatic N) is 1. The molecule has 0 aromatic carbocycles. The molecule has 4 unspecified atom stereocenters. The number of piperidine rings is 1. The minimum absolute atomic E-state index is 0.397. The molecule has 3 aliphatic heterocycles. The lowest BCUT2D eigenvalue weighted by Gasteiger charge is -2.35. The number of nitrogens with one attached hydrogen (secondary N) is 3. The Labute approximate surface area is 125 Å². The van der Waals surface area contributed by atoms with Gasteiger partial charge in [0, 0.05) is 37.1 Å². The van der Waals surface area contributed by atoms with E-state index in [4.69, 9.17) is 4.74 Å². The monoisotopic (exact) mass is 286 g/mol. The molecule has 3 aliphatic rings. The van der Waals surface area contributed by atoms with Crippen molar-refractivity contribution >= 4 is 0 Å². The second-order valence-corrected chi connectivity index (χ2v) is 6.19. The minimum Gasteiger partial charge on any atom is -0.501 e. The van der Waals surface area contributed by atoms with E-state index in [0.717, 1.165) is 32.4 Å². The number of hydrogen-bond donors (Lipinski definition) is 3. The van der Waals surface area contributed by atoms with Crippen LogP contribution in [0.4, 0.5) is 0 Å². The SMILES string of the molecule is C1=C(C2NNC3CNC(c4cccnc4)CC32)CCCO1. The Kier molecular flexibility index (Phi) is 3.63. The highest BCUT2D eigenvalue weighted by Gasteiger charge is 2.42. The summed E-state index contributed by atoms with van der Waals surface area (Å²) >= 11 is 0. The van der Waals surface area contributed by atoms with Gasteiger partial charge in [-0.3, -0.25) is 10.4 Å². The Hall–Kier alpha value is -1.43. The fourth-order valence-corrected chi connectivity index (χ4v) is 3.79. The Morgan fingerprint density at radius 1 is 1.29 bits per heavy atom. The van der Waals surface area contributed by atoms with E-state index < -0.39 is 0 Å². The highest BCUT2D eigenvalue weighted by Crippen LogP contribution is 2.35. The molecule has 0 bridgehead atoms. The first-order chi connectivity index (χ1) is 10.4. The standard InChI is InChI=1S/C16H22N4O/c1-3-11(8-17-5-1)14-7-13-15(9-18-14)19-20-16(13)12-4-2-6-21-10-12/h1,3,5,8,10,13-16,18-20H,2,4,6-7,9H2. The molecule has 0 saturated carbocycles. The molecule has 1 aromatic heterocycles. The molecule has 5 heteroatoms.